The predicted octanol–water partition coefficient (Wildman–Crippen LogP) is 15.4. The van der Waals surface area contributed by atoms with Gasteiger partial charge in [0.15, 0.2) is 0 Å². The van der Waals surface area contributed by atoms with Gasteiger partial charge in [0.2, 0.25) is 0 Å². The van der Waals surface area contributed by atoms with Gasteiger partial charge in [-0.05, 0) is 104 Å². The zero-order valence-corrected chi connectivity index (χ0v) is 30.8. The van der Waals surface area contributed by atoms with Gasteiger partial charge in [-0.25, -0.2) is 0 Å². The molecule has 0 saturated heterocycles. The summed E-state index contributed by atoms with van der Waals surface area (Å²) in [5.41, 5.74) is 11.6. The Bertz CT molecular complexity index is 2910. The van der Waals surface area contributed by atoms with Crippen LogP contribution in [0.25, 0.3) is 54.6 Å². The quantitative estimate of drug-likeness (QED) is 0.145. The highest BCUT2D eigenvalue weighted by Crippen LogP contribution is 2.48. The molecule has 0 spiro atoms. The fourth-order valence-electron chi connectivity index (χ4n) is 8.39. The van der Waals surface area contributed by atoms with Crippen LogP contribution in [0.1, 0.15) is 0 Å². The Labute approximate surface area is 327 Å². The molecule has 2 nitrogen and oxygen atoms in total. The number of nitrogens with zero attached hydrogens (tertiary/aromatic N) is 2. The summed E-state index contributed by atoms with van der Waals surface area (Å²) in [6.45, 7) is 0. The van der Waals surface area contributed by atoms with Crippen LogP contribution in [-0.2, 0) is 0 Å². The molecule has 10 rings (SSSR count). The van der Waals surface area contributed by atoms with E-state index >= 15 is 0 Å². The molecular weight excluding hydrogens is 677 g/mol. The van der Waals surface area contributed by atoms with Crippen LogP contribution < -0.4 is 9.80 Å². The number of para-hydroxylation sites is 3. The molecule has 2 heteroatoms. The average Bonchev–Trinajstić information content (AvgIpc) is 3.27. The zero-order valence-electron chi connectivity index (χ0n) is 30.8. The highest BCUT2D eigenvalue weighted by Gasteiger charge is 2.22. The molecule has 0 heterocycles. The van der Waals surface area contributed by atoms with Crippen molar-refractivity contribution in [3.63, 3.8) is 0 Å². The van der Waals surface area contributed by atoms with Crippen LogP contribution in [0.2, 0.25) is 0 Å². The van der Waals surface area contributed by atoms with Crippen molar-refractivity contribution in [3.05, 3.63) is 231 Å². The highest BCUT2D eigenvalue weighted by atomic mass is 15.2. The van der Waals surface area contributed by atoms with Crippen LogP contribution in [-0.4, -0.2) is 0 Å². The van der Waals surface area contributed by atoms with E-state index in [0.717, 1.165) is 39.5 Å². The maximum absolute atomic E-state index is 2.42. The molecule has 0 aliphatic heterocycles. The number of anilines is 6. The molecule has 56 heavy (non-hydrogen) atoms. The lowest BCUT2D eigenvalue weighted by molar-refractivity contribution is 1.29. The van der Waals surface area contributed by atoms with Gasteiger partial charge >= 0.3 is 0 Å². The Hall–Kier alpha value is -7.42. The monoisotopic (exact) mass is 714 g/mol. The fraction of sp³-hybridized carbons (Fsp3) is 0. The molecule has 0 aromatic heterocycles. The summed E-state index contributed by atoms with van der Waals surface area (Å²) in [5.74, 6) is 0. The lowest BCUT2D eigenvalue weighted by atomic mass is 9.85. The number of benzene rings is 10. The summed E-state index contributed by atoms with van der Waals surface area (Å²) in [7, 11) is 0. The maximum atomic E-state index is 2.42. The molecule has 0 bridgehead atoms. The van der Waals surface area contributed by atoms with Crippen molar-refractivity contribution in [2.45, 2.75) is 0 Å². The third-order valence-corrected chi connectivity index (χ3v) is 10.8. The molecule has 264 valence electrons. The Kier molecular flexibility index (Phi) is 8.55. The molecule has 10 aromatic carbocycles. The van der Waals surface area contributed by atoms with E-state index in [4.69, 9.17) is 0 Å². The molecule has 0 fully saturated rings. The standard InChI is InChI=1S/C54H38N2/c1-6-20-39(21-7-1)53-47-30-16-17-31-48(47)54(40-22-8-2-9-23-40)50-38-44(36-37-49(50)53)56(43-28-14-5-15-29-43)52-35-19-32-45-46(52)33-18-34-51(45)55(41-24-10-3-11-25-41)42-26-12-4-13-27-42/h1-38H. The third kappa shape index (κ3) is 5.85. The first kappa shape index (κ1) is 33.2. The highest BCUT2D eigenvalue weighted by molar-refractivity contribution is 6.22. The molecular formula is C54H38N2. The topological polar surface area (TPSA) is 6.48 Å². The minimum absolute atomic E-state index is 1.09. The van der Waals surface area contributed by atoms with Gasteiger partial charge in [0.05, 0.1) is 11.4 Å². The van der Waals surface area contributed by atoms with Crippen molar-refractivity contribution in [2.75, 3.05) is 9.80 Å². The van der Waals surface area contributed by atoms with E-state index in [1.165, 1.54) is 49.2 Å². The number of fused-ring (bicyclic) bond motifs is 3. The predicted molar refractivity (Wildman–Crippen MR) is 239 cm³/mol. The van der Waals surface area contributed by atoms with Crippen LogP contribution in [0.4, 0.5) is 34.1 Å². The summed E-state index contributed by atoms with van der Waals surface area (Å²) in [6, 6.07) is 83.1. The number of rotatable bonds is 8. The van der Waals surface area contributed by atoms with Gasteiger partial charge in [0.25, 0.3) is 0 Å². The SMILES string of the molecule is c1ccc(-c2c3ccccc3c(-c3ccccc3)c3cc(N(c4ccccc4)c4cccc5c(N(c6ccccc6)c6ccccc6)cccc45)ccc23)cc1. The number of hydrogen-bond acceptors (Lipinski definition) is 2. The van der Waals surface area contributed by atoms with Gasteiger partial charge in [-0.15, -0.1) is 0 Å². The van der Waals surface area contributed by atoms with E-state index in [1.807, 2.05) is 0 Å². The van der Waals surface area contributed by atoms with Gasteiger partial charge in [0.1, 0.15) is 0 Å². The molecule has 0 atom stereocenters. The van der Waals surface area contributed by atoms with E-state index in [0.29, 0.717) is 0 Å². The molecule has 0 amide bonds. The van der Waals surface area contributed by atoms with Crippen LogP contribution in [0.15, 0.2) is 231 Å². The Morgan fingerprint density at radius 2 is 0.554 bits per heavy atom. The minimum Gasteiger partial charge on any atom is -0.310 e. The molecule has 0 unspecified atom stereocenters. The van der Waals surface area contributed by atoms with Crippen LogP contribution >= 0.6 is 0 Å². The van der Waals surface area contributed by atoms with Crippen molar-refractivity contribution in [1.82, 2.24) is 0 Å². The average molecular weight is 715 g/mol. The molecule has 0 saturated carbocycles. The Morgan fingerprint density at radius 1 is 0.214 bits per heavy atom. The maximum Gasteiger partial charge on any atom is 0.0540 e. The minimum atomic E-state index is 1.09. The summed E-state index contributed by atoms with van der Waals surface area (Å²) >= 11 is 0. The van der Waals surface area contributed by atoms with Crippen molar-refractivity contribution >= 4 is 66.4 Å². The summed E-state index contributed by atoms with van der Waals surface area (Å²) in [6.07, 6.45) is 0. The van der Waals surface area contributed by atoms with Crippen LogP contribution in [0, 0.1) is 0 Å². The van der Waals surface area contributed by atoms with Crippen LogP contribution in [0.5, 0.6) is 0 Å². The first-order chi connectivity index (χ1) is 27.8. The normalized spacial score (nSPS) is 11.2. The van der Waals surface area contributed by atoms with E-state index in [1.54, 1.807) is 0 Å². The van der Waals surface area contributed by atoms with Crippen molar-refractivity contribution in [3.8, 4) is 22.3 Å². The van der Waals surface area contributed by atoms with E-state index in [2.05, 4.69) is 240 Å². The van der Waals surface area contributed by atoms with Gasteiger partial charge in [-0.2, -0.15) is 0 Å². The zero-order chi connectivity index (χ0) is 37.3. The second kappa shape index (κ2) is 14.4. The summed E-state index contributed by atoms with van der Waals surface area (Å²) in [5, 5.41) is 7.27. The lowest BCUT2D eigenvalue weighted by Gasteiger charge is -2.30. The second-order valence-electron chi connectivity index (χ2n) is 14.1. The van der Waals surface area contributed by atoms with Crippen LogP contribution in [0.3, 0.4) is 0 Å². The van der Waals surface area contributed by atoms with E-state index < -0.39 is 0 Å². The Balaban J connectivity index is 1.25. The van der Waals surface area contributed by atoms with Gasteiger partial charge in [-0.1, -0.05) is 170 Å². The first-order valence-corrected chi connectivity index (χ1v) is 19.2. The van der Waals surface area contributed by atoms with Gasteiger partial charge < -0.3 is 9.80 Å². The largest absolute Gasteiger partial charge is 0.310 e. The second-order valence-corrected chi connectivity index (χ2v) is 14.1. The molecule has 10 aromatic rings. The summed E-state index contributed by atoms with van der Waals surface area (Å²) in [4.78, 5) is 4.78. The van der Waals surface area contributed by atoms with E-state index in [9.17, 15) is 0 Å². The lowest BCUT2D eigenvalue weighted by Crippen LogP contribution is -2.12. The summed E-state index contributed by atoms with van der Waals surface area (Å²) < 4.78 is 0. The number of hydrogen-bond donors (Lipinski definition) is 0. The van der Waals surface area contributed by atoms with Crippen molar-refractivity contribution < 1.29 is 0 Å². The third-order valence-electron chi connectivity index (χ3n) is 10.8. The molecule has 0 N–H and O–H groups in total. The molecule has 0 radical (unpaired) electrons. The smallest absolute Gasteiger partial charge is 0.0540 e. The van der Waals surface area contributed by atoms with Crippen molar-refractivity contribution in [2.24, 2.45) is 0 Å². The first-order valence-electron chi connectivity index (χ1n) is 19.2. The molecule has 0 aliphatic rings. The van der Waals surface area contributed by atoms with Gasteiger partial charge in [0, 0.05) is 33.5 Å². The Morgan fingerprint density at radius 3 is 1.00 bits per heavy atom. The van der Waals surface area contributed by atoms with Gasteiger partial charge in [-0.3, -0.25) is 0 Å². The fourth-order valence-corrected chi connectivity index (χ4v) is 8.39. The molecule has 0 aliphatic carbocycles. The van der Waals surface area contributed by atoms with Crippen molar-refractivity contribution in [1.29, 1.82) is 0 Å². The van der Waals surface area contributed by atoms with E-state index in [-0.39, 0.29) is 0 Å².